The van der Waals surface area contributed by atoms with Gasteiger partial charge in [0.05, 0.1) is 12.4 Å². The molecule has 18 heavy (non-hydrogen) atoms. The summed E-state index contributed by atoms with van der Waals surface area (Å²) in [6.45, 7) is 4.48. The highest BCUT2D eigenvalue weighted by molar-refractivity contribution is 8.00. The van der Waals surface area contributed by atoms with E-state index in [-0.39, 0.29) is 22.1 Å². The lowest BCUT2D eigenvalue weighted by molar-refractivity contribution is 0.340. The minimum atomic E-state index is -3.52. The van der Waals surface area contributed by atoms with Gasteiger partial charge in [0.2, 0.25) is 16.0 Å². The molecular weight excluding hydrogens is 272 g/mol. The van der Waals surface area contributed by atoms with Crippen LogP contribution in [0.15, 0.2) is 17.3 Å². The maximum atomic E-state index is 12.5. The molecule has 1 aliphatic rings. The van der Waals surface area contributed by atoms with E-state index in [0.29, 0.717) is 6.54 Å². The van der Waals surface area contributed by atoms with E-state index in [1.807, 2.05) is 13.8 Å². The van der Waals surface area contributed by atoms with Crippen LogP contribution in [0.1, 0.15) is 13.8 Å². The molecule has 0 saturated carbocycles. The minimum Gasteiger partial charge on any atom is -0.368 e. The van der Waals surface area contributed by atoms with Crippen LogP contribution in [-0.4, -0.2) is 46.3 Å². The third kappa shape index (κ3) is 2.45. The van der Waals surface area contributed by atoms with Gasteiger partial charge in [0.25, 0.3) is 0 Å². The summed E-state index contributed by atoms with van der Waals surface area (Å²) in [5.41, 5.74) is 5.36. The number of rotatable bonds is 2. The number of nitrogen functional groups attached to an aromatic ring is 1. The van der Waals surface area contributed by atoms with E-state index < -0.39 is 10.0 Å². The van der Waals surface area contributed by atoms with Crippen LogP contribution in [0.4, 0.5) is 5.95 Å². The summed E-state index contributed by atoms with van der Waals surface area (Å²) in [5.74, 6) is 0.880. The molecule has 0 bridgehead atoms. The number of nitrogens with zero attached hydrogens (tertiary/aromatic N) is 3. The standard InChI is InChI=1S/C10H16N4O2S2/c1-7-8(2)17-4-3-14(7)18(15,16)9-5-12-10(11)13-6-9/h5-8H,3-4H2,1-2H3,(H2,11,12,13). The summed E-state index contributed by atoms with van der Waals surface area (Å²) in [6, 6.07) is -0.0358. The van der Waals surface area contributed by atoms with E-state index in [4.69, 9.17) is 5.73 Å². The molecule has 1 aromatic rings. The third-order valence-electron chi connectivity index (χ3n) is 3.08. The summed E-state index contributed by atoms with van der Waals surface area (Å²) in [4.78, 5) is 7.58. The Morgan fingerprint density at radius 3 is 2.61 bits per heavy atom. The Labute approximate surface area is 111 Å². The Kier molecular flexibility index (Phi) is 3.79. The van der Waals surface area contributed by atoms with Gasteiger partial charge in [-0.05, 0) is 6.92 Å². The van der Waals surface area contributed by atoms with Gasteiger partial charge in [-0.3, -0.25) is 0 Å². The van der Waals surface area contributed by atoms with E-state index in [2.05, 4.69) is 9.97 Å². The number of anilines is 1. The van der Waals surface area contributed by atoms with Crippen molar-refractivity contribution in [3.8, 4) is 0 Å². The molecule has 1 aliphatic heterocycles. The maximum Gasteiger partial charge on any atom is 0.246 e. The zero-order valence-corrected chi connectivity index (χ0v) is 11.9. The first-order valence-corrected chi connectivity index (χ1v) is 8.13. The molecule has 1 aromatic heterocycles. The molecule has 100 valence electrons. The number of nitrogens with two attached hydrogens (primary N) is 1. The summed E-state index contributed by atoms with van der Waals surface area (Å²) in [6.07, 6.45) is 2.52. The van der Waals surface area contributed by atoms with Crippen LogP contribution in [-0.2, 0) is 10.0 Å². The van der Waals surface area contributed by atoms with Crippen LogP contribution >= 0.6 is 11.8 Å². The van der Waals surface area contributed by atoms with Crippen LogP contribution in [0.3, 0.4) is 0 Å². The van der Waals surface area contributed by atoms with Crippen LogP contribution in [0.25, 0.3) is 0 Å². The van der Waals surface area contributed by atoms with Crippen LogP contribution in [0.2, 0.25) is 0 Å². The maximum absolute atomic E-state index is 12.5. The first-order valence-electron chi connectivity index (χ1n) is 5.64. The highest BCUT2D eigenvalue weighted by atomic mass is 32.2. The van der Waals surface area contributed by atoms with Crippen molar-refractivity contribution in [2.75, 3.05) is 18.0 Å². The first-order chi connectivity index (χ1) is 8.43. The third-order valence-corrected chi connectivity index (χ3v) is 6.36. The normalized spacial score (nSPS) is 26.1. The summed E-state index contributed by atoms with van der Waals surface area (Å²) in [7, 11) is -3.52. The average molecular weight is 288 g/mol. The molecule has 2 rings (SSSR count). The van der Waals surface area contributed by atoms with Crippen molar-refractivity contribution in [2.45, 2.75) is 30.0 Å². The number of hydrogen-bond acceptors (Lipinski definition) is 6. The molecule has 2 atom stereocenters. The molecule has 2 N–H and O–H groups in total. The zero-order chi connectivity index (χ0) is 13.3. The predicted molar refractivity (Wildman–Crippen MR) is 71.7 cm³/mol. The van der Waals surface area contributed by atoms with Gasteiger partial charge in [0, 0.05) is 23.6 Å². The Hall–Kier alpha value is -0.860. The molecule has 6 nitrogen and oxygen atoms in total. The molecular formula is C10H16N4O2S2. The Bertz CT molecular complexity index is 517. The molecule has 1 saturated heterocycles. The van der Waals surface area contributed by atoms with Gasteiger partial charge in [-0.25, -0.2) is 18.4 Å². The minimum absolute atomic E-state index is 0.0358. The van der Waals surface area contributed by atoms with Gasteiger partial charge in [-0.2, -0.15) is 16.1 Å². The molecule has 1 fully saturated rings. The predicted octanol–water partition coefficient (Wildman–Crippen LogP) is 0.573. The van der Waals surface area contributed by atoms with Crippen LogP contribution in [0.5, 0.6) is 0 Å². The lowest BCUT2D eigenvalue weighted by Gasteiger charge is -2.36. The first kappa shape index (κ1) is 13.6. The fourth-order valence-corrected chi connectivity index (χ4v) is 4.73. The summed E-state index contributed by atoms with van der Waals surface area (Å²) in [5, 5.41) is 0.281. The smallest absolute Gasteiger partial charge is 0.246 e. The lowest BCUT2D eigenvalue weighted by atomic mass is 10.2. The highest BCUT2D eigenvalue weighted by Crippen LogP contribution is 2.28. The van der Waals surface area contributed by atoms with E-state index in [0.717, 1.165) is 5.75 Å². The number of hydrogen-bond donors (Lipinski definition) is 1. The molecule has 0 aliphatic carbocycles. The molecule has 0 spiro atoms. The Balaban J connectivity index is 2.33. The molecule has 0 radical (unpaired) electrons. The van der Waals surface area contributed by atoms with Gasteiger partial charge in [0.1, 0.15) is 4.90 Å². The monoisotopic (exact) mass is 288 g/mol. The molecule has 2 heterocycles. The van der Waals surface area contributed by atoms with E-state index >= 15 is 0 Å². The van der Waals surface area contributed by atoms with Crippen molar-refractivity contribution in [3.63, 3.8) is 0 Å². The fourth-order valence-electron chi connectivity index (χ4n) is 1.84. The summed E-state index contributed by atoms with van der Waals surface area (Å²) < 4.78 is 26.4. The van der Waals surface area contributed by atoms with Crippen molar-refractivity contribution in [1.82, 2.24) is 14.3 Å². The van der Waals surface area contributed by atoms with Crippen LogP contribution < -0.4 is 5.73 Å². The Morgan fingerprint density at radius 2 is 2.00 bits per heavy atom. The van der Waals surface area contributed by atoms with E-state index in [1.165, 1.54) is 16.7 Å². The van der Waals surface area contributed by atoms with E-state index in [9.17, 15) is 8.42 Å². The fraction of sp³-hybridized carbons (Fsp3) is 0.600. The highest BCUT2D eigenvalue weighted by Gasteiger charge is 2.35. The van der Waals surface area contributed by atoms with Crippen molar-refractivity contribution in [1.29, 1.82) is 0 Å². The van der Waals surface area contributed by atoms with Crippen LogP contribution in [0, 0.1) is 0 Å². The second kappa shape index (κ2) is 5.02. The van der Waals surface area contributed by atoms with Gasteiger partial charge >= 0.3 is 0 Å². The lowest BCUT2D eigenvalue weighted by Crippen LogP contribution is -2.47. The van der Waals surface area contributed by atoms with Gasteiger partial charge in [-0.15, -0.1) is 0 Å². The molecule has 2 unspecified atom stereocenters. The van der Waals surface area contributed by atoms with Gasteiger partial charge in [0.15, 0.2) is 0 Å². The van der Waals surface area contributed by atoms with Crippen molar-refractivity contribution < 1.29 is 8.42 Å². The van der Waals surface area contributed by atoms with Crippen molar-refractivity contribution in [3.05, 3.63) is 12.4 Å². The largest absolute Gasteiger partial charge is 0.368 e. The molecule has 0 amide bonds. The second-order valence-corrected chi connectivity index (χ2v) is 7.58. The topological polar surface area (TPSA) is 89.2 Å². The SMILES string of the molecule is CC1SCCN(S(=O)(=O)c2cnc(N)nc2)C1C. The van der Waals surface area contributed by atoms with E-state index in [1.54, 1.807) is 11.8 Å². The quantitative estimate of drug-likeness (QED) is 0.856. The second-order valence-electron chi connectivity index (χ2n) is 4.21. The number of thioether (sulfide) groups is 1. The van der Waals surface area contributed by atoms with Crippen molar-refractivity contribution in [2.24, 2.45) is 0 Å². The molecule has 8 heteroatoms. The number of sulfonamides is 1. The number of aromatic nitrogens is 2. The Morgan fingerprint density at radius 1 is 1.39 bits per heavy atom. The molecule has 0 aromatic carbocycles. The zero-order valence-electron chi connectivity index (χ0n) is 10.3. The average Bonchev–Trinajstić information content (AvgIpc) is 2.33. The van der Waals surface area contributed by atoms with Gasteiger partial charge in [-0.1, -0.05) is 6.92 Å². The summed E-state index contributed by atoms with van der Waals surface area (Å²) >= 11 is 1.79. The van der Waals surface area contributed by atoms with Crippen molar-refractivity contribution >= 4 is 27.7 Å². The van der Waals surface area contributed by atoms with Gasteiger partial charge < -0.3 is 5.73 Å².